The van der Waals surface area contributed by atoms with Crippen molar-refractivity contribution >= 4 is 27.3 Å². The Kier molecular flexibility index (Phi) is 6.13. The summed E-state index contributed by atoms with van der Waals surface area (Å²) >= 11 is 5.24. The Labute approximate surface area is 117 Å². The van der Waals surface area contributed by atoms with E-state index in [1.54, 1.807) is 11.3 Å². The molecule has 3 N–H and O–H groups in total. The monoisotopic (exact) mass is 318 g/mol. The maximum Gasteiger partial charge on any atom is 0.0300 e. The molecule has 0 aromatic carbocycles. The van der Waals surface area contributed by atoms with E-state index >= 15 is 0 Å². The largest absolute Gasteiger partial charge is 0.328 e. The lowest BCUT2D eigenvalue weighted by molar-refractivity contribution is 0.329. The standard InChI is InChI=1S/C13H23BrN2S/c1-13(2,3)7-11(15)4-5-16-8-12-6-10(14)9-17-12/h6,9,11,16H,4-5,7-8,15H2,1-3H3. The van der Waals surface area contributed by atoms with Gasteiger partial charge in [0, 0.05) is 27.3 Å². The van der Waals surface area contributed by atoms with Crippen molar-refractivity contribution in [3.63, 3.8) is 0 Å². The van der Waals surface area contributed by atoms with E-state index in [0.717, 1.165) is 25.9 Å². The predicted octanol–water partition coefficient (Wildman–Crippen LogP) is 3.75. The van der Waals surface area contributed by atoms with E-state index in [9.17, 15) is 0 Å². The summed E-state index contributed by atoms with van der Waals surface area (Å²) < 4.78 is 1.17. The molecular weight excluding hydrogens is 296 g/mol. The molecule has 0 radical (unpaired) electrons. The summed E-state index contributed by atoms with van der Waals surface area (Å²) in [7, 11) is 0. The van der Waals surface area contributed by atoms with E-state index in [-0.39, 0.29) is 0 Å². The van der Waals surface area contributed by atoms with Crippen molar-refractivity contribution in [1.82, 2.24) is 5.32 Å². The second-order valence-corrected chi connectivity index (χ2v) is 7.63. The maximum absolute atomic E-state index is 6.10. The Hall–Kier alpha value is 0.1000. The average molecular weight is 319 g/mol. The molecule has 0 saturated carbocycles. The summed E-state index contributed by atoms with van der Waals surface area (Å²) in [4.78, 5) is 1.36. The van der Waals surface area contributed by atoms with E-state index in [0.29, 0.717) is 11.5 Å². The zero-order chi connectivity index (χ0) is 12.9. The van der Waals surface area contributed by atoms with Gasteiger partial charge in [-0.1, -0.05) is 20.8 Å². The first-order valence-electron chi connectivity index (χ1n) is 6.06. The van der Waals surface area contributed by atoms with E-state index < -0.39 is 0 Å². The minimum absolute atomic E-state index is 0.303. The van der Waals surface area contributed by atoms with Crippen LogP contribution in [0, 0.1) is 5.41 Å². The van der Waals surface area contributed by atoms with Gasteiger partial charge in [0.1, 0.15) is 0 Å². The molecule has 17 heavy (non-hydrogen) atoms. The molecule has 0 spiro atoms. The first kappa shape index (κ1) is 15.2. The molecule has 0 aliphatic rings. The highest BCUT2D eigenvalue weighted by Crippen LogP contribution is 2.21. The average Bonchev–Trinajstić information content (AvgIpc) is 2.56. The van der Waals surface area contributed by atoms with Gasteiger partial charge in [0.25, 0.3) is 0 Å². The van der Waals surface area contributed by atoms with Crippen molar-refractivity contribution in [3.8, 4) is 0 Å². The van der Waals surface area contributed by atoms with Crippen LogP contribution >= 0.6 is 27.3 Å². The van der Waals surface area contributed by atoms with Crippen LogP contribution < -0.4 is 11.1 Å². The molecule has 0 bridgehead atoms. The molecule has 1 rings (SSSR count). The Balaban J connectivity index is 2.12. The lowest BCUT2D eigenvalue weighted by Gasteiger charge is -2.23. The van der Waals surface area contributed by atoms with Crippen LogP contribution in [0.5, 0.6) is 0 Å². The second-order valence-electron chi connectivity index (χ2n) is 5.72. The number of nitrogens with one attached hydrogen (secondary N) is 1. The van der Waals surface area contributed by atoms with Gasteiger partial charge in [-0.05, 0) is 46.8 Å². The molecule has 98 valence electrons. The molecule has 1 heterocycles. The summed E-state index contributed by atoms with van der Waals surface area (Å²) in [6, 6.07) is 2.46. The van der Waals surface area contributed by atoms with E-state index in [1.807, 2.05) is 0 Å². The topological polar surface area (TPSA) is 38.0 Å². The fourth-order valence-electron chi connectivity index (χ4n) is 1.83. The Morgan fingerprint density at radius 2 is 2.18 bits per heavy atom. The van der Waals surface area contributed by atoms with Crippen molar-refractivity contribution in [2.24, 2.45) is 11.1 Å². The fourth-order valence-corrected chi connectivity index (χ4v) is 3.25. The zero-order valence-electron chi connectivity index (χ0n) is 10.9. The summed E-state index contributed by atoms with van der Waals surface area (Å²) in [6.45, 7) is 8.65. The van der Waals surface area contributed by atoms with Gasteiger partial charge >= 0.3 is 0 Å². The highest BCUT2D eigenvalue weighted by atomic mass is 79.9. The van der Waals surface area contributed by atoms with E-state index in [2.05, 4.69) is 53.5 Å². The van der Waals surface area contributed by atoms with Crippen LogP contribution in [0.3, 0.4) is 0 Å². The SMILES string of the molecule is CC(C)(C)CC(N)CCNCc1cc(Br)cs1. The molecule has 1 aromatic heterocycles. The molecule has 0 fully saturated rings. The number of nitrogens with two attached hydrogens (primary N) is 1. The van der Waals surface area contributed by atoms with Gasteiger partial charge < -0.3 is 11.1 Å². The minimum atomic E-state index is 0.303. The predicted molar refractivity (Wildman–Crippen MR) is 80.4 cm³/mol. The van der Waals surface area contributed by atoms with Crippen molar-refractivity contribution < 1.29 is 0 Å². The minimum Gasteiger partial charge on any atom is -0.328 e. The van der Waals surface area contributed by atoms with Crippen molar-refractivity contribution in [2.45, 2.75) is 46.2 Å². The lowest BCUT2D eigenvalue weighted by Crippen LogP contribution is -2.30. The number of hydrogen-bond acceptors (Lipinski definition) is 3. The van der Waals surface area contributed by atoms with Crippen LogP contribution in [-0.2, 0) is 6.54 Å². The smallest absolute Gasteiger partial charge is 0.0300 e. The summed E-state index contributed by atoms with van der Waals surface area (Å²) in [5.74, 6) is 0. The Morgan fingerprint density at radius 3 is 2.71 bits per heavy atom. The molecule has 0 saturated heterocycles. The Morgan fingerprint density at radius 1 is 1.47 bits per heavy atom. The highest BCUT2D eigenvalue weighted by molar-refractivity contribution is 9.10. The molecule has 2 nitrogen and oxygen atoms in total. The van der Waals surface area contributed by atoms with Crippen molar-refractivity contribution in [2.75, 3.05) is 6.54 Å². The molecule has 0 amide bonds. The number of thiophene rings is 1. The Bertz CT molecular complexity index is 330. The number of hydrogen-bond donors (Lipinski definition) is 2. The third-order valence-electron chi connectivity index (χ3n) is 2.49. The fraction of sp³-hybridized carbons (Fsp3) is 0.692. The zero-order valence-corrected chi connectivity index (χ0v) is 13.3. The lowest BCUT2D eigenvalue weighted by atomic mass is 9.87. The van der Waals surface area contributed by atoms with Gasteiger partial charge in [-0.3, -0.25) is 0 Å². The normalized spacial score (nSPS) is 13.9. The van der Waals surface area contributed by atoms with E-state index in [4.69, 9.17) is 5.73 Å². The first-order chi connectivity index (χ1) is 7.87. The van der Waals surface area contributed by atoms with Gasteiger partial charge in [-0.15, -0.1) is 11.3 Å². The van der Waals surface area contributed by atoms with Crippen LogP contribution in [-0.4, -0.2) is 12.6 Å². The summed E-state index contributed by atoms with van der Waals surface area (Å²) in [5.41, 5.74) is 6.43. The van der Waals surface area contributed by atoms with Crippen LogP contribution in [0.2, 0.25) is 0 Å². The van der Waals surface area contributed by atoms with Crippen molar-refractivity contribution in [3.05, 3.63) is 20.8 Å². The molecule has 1 unspecified atom stereocenters. The molecule has 0 aliphatic carbocycles. The summed E-state index contributed by atoms with van der Waals surface area (Å²) in [6.07, 6.45) is 2.13. The third kappa shape index (κ3) is 7.19. The van der Waals surface area contributed by atoms with Gasteiger partial charge in [0.2, 0.25) is 0 Å². The first-order valence-corrected chi connectivity index (χ1v) is 7.73. The second kappa shape index (κ2) is 6.88. The van der Waals surface area contributed by atoms with Gasteiger partial charge in [0.15, 0.2) is 0 Å². The van der Waals surface area contributed by atoms with Gasteiger partial charge in [0.05, 0.1) is 0 Å². The quantitative estimate of drug-likeness (QED) is 0.784. The van der Waals surface area contributed by atoms with Gasteiger partial charge in [-0.2, -0.15) is 0 Å². The third-order valence-corrected chi connectivity index (χ3v) is 4.19. The molecule has 1 aromatic rings. The number of rotatable bonds is 6. The summed E-state index contributed by atoms with van der Waals surface area (Å²) in [5, 5.41) is 5.55. The van der Waals surface area contributed by atoms with Crippen LogP contribution in [0.1, 0.15) is 38.5 Å². The number of halogens is 1. The highest BCUT2D eigenvalue weighted by Gasteiger charge is 2.14. The maximum atomic E-state index is 6.10. The molecule has 0 aliphatic heterocycles. The molecular formula is C13H23BrN2S. The van der Waals surface area contributed by atoms with E-state index in [1.165, 1.54) is 9.35 Å². The van der Waals surface area contributed by atoms with Crippen molar-refractivity contribution in [1.29, 1.82) is 0 Å². The molecule has 1 atom stereocenters. The van der Waals surface area contributed by atoms with Crippen LogP contribution in [0.4, 0.5) is 0 Å². The van der Waals surface area contributed by atoms with Crippen LogP contribution in [0.25, 0.3) is 0 Å². The van der Waals surface area contributed by atoms with Gasteiger partial charge in [-0.25, -0.2) is 0 Å². The van der Waals surface area contributed by atoms with Crippen LogP contribution in [0.15, 0.2) is 15.9 Å². The molecule has 4 heteroatoms.